The topological polar surface area (TPSA) is 42.4 Å². The number of fused-ring (bicyclic) bond motifs is 11. The van der Waals surface area contributed by atoms with Crippen molar-refractivity contribution < 1.29 is 8.83 Å². The number of hydrogen-bond acceptors (Lipinski definition) is 4. The Kier molecular flexibility index (Phi) is 6.43. The van der Waals surface area contributed by atoms with Crippen LogP contribution in [0, 0.1) is 0 Å². The number of benzene rings is 8. The van der Waals surface area contributed by atoms with Crippen molar-refractivity contribution in [1.29, 1.82) is 0 Å². The van der Waals surface area contributed by atoms with Crippen molar-refractivity contribution in [2.45, 2.75) is 38.5 Å². The van der Waals surface area contributed by atoms with Crippen LogP contribution in [0.15, 0.2) is 167 Å². The molecule has 272 valence electrons. The lowest BCUT2D eigenvalue weighted by Crippen LogP contribution is -2.18. The van der Waals surface area contributed by atoms with Gasteiger partial charge in [0.2, 0.25) is 5.89 Å². The fourth-order valence-electron chi connectivity index (χ4n) is 10.0. The van der Waals surface area contributed by atoms with Crippen LogP contribution in [0.1, 0.15) is 49.9 Å². The summed E-state index contributed by atoms with van der Waals surface area (Å²) < 4.78 is 13.4. The number of oxazole rings is 1. The molecule has 57 heavy (non-hydrogen) atoms. The van der Waals surface area contributed by atoms with Gasteiger partial charge in [-0.1, -0.05) is 125 Å². The summed E-state index contributed by atoms with van der Waals surface area (Å²) in [7, 11) is 0. The third-order valence-electron chi connectivity index (χ3n) is 12.9. The molecular formula is C53H38N2O2. The van der Waals surface area contributed by atoms with Gasteiger partial charge in [0.25, 0.3) is 0 Å². The molecule has 12 rings (SSSR count). The number of para-hydroxylation sites is 2. The molecule has 0 saturated heterocycles. The van der Waals surface area contributed by atoms with Gasteiger partial charge in [0.05, 0.1) is 5.56 Å². The SMILES string of the molecule is CC1(C)c2ccccc2-c2ccc(N(c3ccc4c(c3)C(C)(C)c3ccccc3-4)c3ccc4c(c3)oc3c(-c5nc6ccccc6o5)c5ccccc5cc34)cc21. The molecule has 2 aliphatic carbocycles. The van der Waals surface area contributed by atoms with E-state index in [0.29, 0.717) is 5.89 Å². The lowest BCUT2D eigenvalue weighted by Gasteiger charge is -2.29. The third kappa shape index (κ3) is 4.47. The molecule has 2 heterocycles. The van der Waals surface area contributed by atoms with E-state index >= 15 is 0 Å². The molecule has 0 spiro atoms. The average molecular weight is 735 g/mol. The van der Waals surface area contributed by atoms with Crippen molar-refractivity contribution in [2.24, 2.45) is 0 Å². The predicted molar refractivity (Wildman–Crippen MR) is 234 cm³/mol. The van der Waals surface area contributed by atoms with E-state index in [2.05, 4.69) is 166 Å². The maximum atomic E-state index is 6.98. The third-order valence-corrected chi connectivity index (χ3v) is 12.9. The minimum atomic E-state index is -0.138. The van der Waals surface area contributed by atoms with Crippen LogP contribution < -0.4 is 4.90 Å². The van der Waals surface area contributed by atoms with E-state index in [0.717, 1.165) is 66.4 Å². The van der Waals surface area contributed by atoms with Gasteiger partial charge in [-0.15, -0.1) is 0 Å². The molecule has 0 amide bonds. The summed E-state index contributed by atoms with van der Waals surface area (Å²) in [5, 5.41) is 4.24. The standard InChI is InChI=1S/C53H38N2O2/c1-52(2)42-17-9-7-15-36(42)38-24-21-32(28-44(38)52)55(33-22-25-39-37-16-8-10-18-43(37)53(3,4)45(39)29-33)34-23-26-40-41-27-31-13-5-6-14-35(31)49(50(41)56-48(40)30-34)51-54-46-19-11-12-20-47(46)57-51/h5-30H,1-4H3. The van der Waals surface area contributed by atoms with Gasteiger partial charge in [-0.3, -0.25) is 0 Å². The highest BCUT2D eigenvalue weighted by molar-refractivity contribution is 6.18. The summed E-state index contributed by atoms with van der Waals surface area (Å²) in [5.41, 5.74) is 17.6. The van der Waals surface area contributed by atoms with Crippen LogP contribution in [-0.4, -0.2) is 4.98 Å². The number of hydrogen-bond donors (Lipinski definition) is 0. The minimum absolute atomic E-state index is 0.138. The first kappa shape index (κ1) is 32.3. The van der Waals surface area contributed by atoms with Crippen LogP contribution in [-0.2, 0) is 10.8 Å². The molecule has 0 atom stereocenters. The lowest BCUT2D eigenvalue weighted by atomic mass is 9.82. The van der Waals surface area contributed by atoms with Gasteiger partial charge in [-0.2, -0.15) is 0 Å². The molecule has 0 radical (unpaired) electrons. The van der Waals surface area contributed by atoms with Gasteiger partial charge in [-0.25, -0.2) is 4.98 Å². The first-order valence-corrected chi connectivity index (χ1v) is 19.8. The number of anilines is 3. The Morgan fingerprint density at radius 2 is 1.00 bits per heavy atom. The van der Waals surface area contributed by atoms with Gasteiger partial charge in [-0.05, 0) is 110 Å². The number of rotatable bonds is 4. The van der Waals surface area contributed by atoms with Gasteiger partial charge in [0.1, 0.15) is 16.7 Å². The Labute approximate surface area is 330 Å². The molecule has 0 saturated carbocycles. The second-order valence-electron chi connectivity index (χ2n) is 16.8. The molecule has 8 aromatic carbocycles. The molecule has 10 aromatic rings. The molecule has 0 N–H and O–H groups in total. The zero-order valence-electron chi connectivity index (χ0n) is 32.2. The van der Waals surface area contributed by atoms with Crippen molar-refractivity contribution in [3.63, 3.8) is 0 Å². The Morgan fingerprint density at radius 1 is 0.439 bits per heavy atom. The van der Waals surface area contributed by atoms with Crippen molar-refractivity contribution in [1.82, 2.24) is 4.98 Å². The summed E-state index contributed by atoms with van der Waals surface area (Å²) in [6, 6.07) is 56.9. The molecular weight excluding hydrogens is 697 g/mol. The highest BCUT2D eigenvalue weighted by Gasteiger charge is 2.38. The molecule has 2 aromatic heterocycles. The van der Waals surface area contributed by atoms with E-state index in [1.54, 1.807) is 0 Å². The van der Waals surface area contributed by atoms with Crippen LogP contribution >= 0.6 is 0 Å². The number of nitrogens with zero attached hydrogens (tertiary/aromatic N) is 2. The quantitative estimate of drug-likeness (QED) is 0.181. The van der Waals surface area contributed by atoms with Gasteiger partial charge in [0, 0.05) is 44.7 Å². The Hall–Kier alpha value is -6.91. The van der Waals surface area contributed by atoms with Crippen LogP contribution in [0.2, 0.25) is 0 Å². The molecule has 0 unspecified atom stereocenters. The second-order valence-corrected chi connectivity index (χ2v) is 16.8. The largest absolute Gasteiger partial charge is 0.455 e. The summed E-state index contributed by atoms with van der Waals surface area (Å²) in [6.45, 7) is 9.39. The van der Waals surface area contributed by atoms with E-state index in [-0.39, 0.29) is 10.8 Å². The Balaban J connectivity index is 1.08. The summed E-state index contributed by atoms with van der Waals surface area (Å²) in [4.78, 5) is 7.36. The molecule has 4 nitrogen and oxygen atoms in total. The van der Waals surface area contributed by atoms with E-state index in [4.69, 9.17) is 13.8 Å². The van der Waals surface area contributed by atoms with E-state index in [1.165, 1.54) is 44.5 Å². The van der Waals surface area contributed by atoms with Crippen molar-refractivity contribution in [3.8, 4) is 33.7 Å². The summed E-state index contributed by atoms with van der Waals surface area (Å²) >= 11 is 0. The fourth-order valence-corrected chi connectivity index (χ4v) is 10.0. The molecule has 2 aliphatic rings. The van der Waals surface area contributed by atoms with Crippen LogP contribution in [0.4, 0.5) is 17.1 Å². The summed E-state index contributed by atoms with van der Waals surface area (Å²) in [6.07, 6.45) is 0. The van der Waals surface area contributed by atoms with E-state index in [9.17, 15) is 0 Å². The van der Waals surface area contributed by atoms with E-state index in [1.807, 2.05) is 24.3 Å². The van der Waals surface area contributed by atoms with Crippen molar-refractivity contribution in [3.05, 3.63) is 180 Å². The number of furan rings is 1. The van der Waals surface area contributed by atoms with E-state index < -0.39 is 0 Å². The van der Waals surface area contributed by atoms with Gasteiger partial charge >= 0.3 is 0 Å². The maximum Gasteiger partial charge on any atom is 0.231 e. The summed E-state index contributed by atoms with van der Waals surface area (Å²) in [5.74, 6) is 0.558. The smallest absolute Gasteiger partial charge is 0.231 e. The zero-order chi connectivity index (χ0) is 38.2. The minimum Gasteiger partial charge on any atom is -0.455 e. The Bertz CT molecular complexity index is 3180. The molecule has 0 fully saturated rings. The van der Waals surface area contributed by atoms with Crippen molar-refractivity contribution >= 4 is 60.9 Å². The first-order chi connectivity index (χ1) is 27.8. The molecule has 4 heteroatoms. The monoisotopic (exact) mass is 734 g/mol. The fraction of sp³-hybridized carbons (Fsp3) is 0.113. The normalized spacial score (nSPS) is 14.6. The number of aromatic nitrogens is 1. The lowest BCUT2D eigenvalue weighted by molar-refractivity contribution is 0.616. The average Bonchev–Trinajstić information content (AvgIpc) is 3.95. The second kappa shape index (κ2) is 11.3. The van der Waals surface area contributed by atoms with Gasteiger partial charge in [0.15, 0.2) is 5.58 Å². The Morgan fingerprint density at radius 3 is 1.68 bits per heavy atom. The zero-order valence-corrected chi connectivity index (χ0v) is 32.2. The predicted octanol–water partition coefficient (Wildman–Crippen LogP) is 14.6. The molecule has 0 aliphatic heterocycles. The maximum absolute atomic E-state index is 6.98. The first-order valence-electron chi connectivity index (χ1n) is 19.8. The van der Waals surface area contributed by atoms with Crippen LogP contribution in [0.3, 0.4) is 0 Å². The van der Waals surface area contributed by atoms with Crippen LogP contribution in [0.5, 0.6) is 0 Å². The molecule has 0 bridgehead atoms. The van der Waals surface area contributed by atoms with Crippen molar-refractivity contribution in [2.75, 3.05) is 4.90 Å². The highest BCUT2D eigenvalue weighted by Crippen LogP contribution is 2.53. The van der Waals surface area contributed by atoms with Crippen LogP contribution in [0.25, 0.3) is 77.5 Å². The van der Waals surface area contributed by atoms with Gasteiger partial charge < -0.3 is 13.7 Å². The highest BCUT2D eigenvalue weighted by atomic mass is 16.4.